The van der Waals surface area contributed by atoms with Crippen molar-refractivity contribution in [2.75, 3.05) is 23.7 Å². The van der Waals surface area contributed by atoms with Crippen LogP contribution in [-0.2, 0) is 27.7 Å². The fourth-order valence-corrected chi connectivity index (χ4v) is 4.91. The van der Waals surface area contributed by atoms with Gasteiger partial charge < -0.3 is 10.1 Å². The van der Waals surface area contributed by atoms with Gasteiger partial charge in [-0.3, -0.25) is 9.10 Å². The van der Waals surface area contributed by atoms with E-state index < -0.39 is 10.0 Å². The average molecular weight is 445 g/mol. The summed E-state index contributed by atoms with van der Waals surface area (Å²) in [5.41, 5.74) is 4.24. The third kappa shape index (κ3) is 6.00. The molecule has 1 aliphatic rings. The summed E-state index contributed by atoms with van der Waals surface area (Å²) in [4.78, 5) is 12.9. The van der Waals surface area contributed by atoms with Crippen molar-refractivity contribution < 1.29 is 17.9 Å². The molecular weight excluding hydrogens is 412 g/mol. The van der Waals surface area contributed by atoms with Crippen molar-refractivity contribution in [3.8, 4) is 5.75 Å². The standard InChI is InChI=1S/C24H32N2O4S/c1-4-23(20-14-13-18-9-6-7-10-19(18)15-20)25-24(27)17-26(31(3,28)29)21-11-8-12-22(16-21)30-5-2/h8,11-16,23H,4-7,9-10,17H2,1-3H3,(H,25,27). The lowest BCUT2D eigenvalue weighted by molar-refractivity contribution is -0.120. The molecule has 3 rings (SSSR count). The van der Waals surface area contributed by atoms with Gasteiger partial charge in [0.2, 0.25) is 15.9 Å². The quantitative estimate of drug-likeness (QED) is 0.634. The van der Waals surface area contributed by atoms with Crippen molar-refractivity contribution >= 4 is 21.6 Å². The molecule has 0 saturated carbocycles. The van der Waals surface area contributed by atoms with Crippen LogP contribution in [0.4, 0.5) is 5.69 Å². The summed E-state index contributed by atoms with van der Waals surface area (Å²) in [7, 11) is -3.65. The molecular formula is C24H32N2O4S. The van der Waals surface area contributed by atoms with Gasteiger partial charge in [0.05, 0.1) is 24.6 Å². The zero-order valence-electron chi connectivity index (χ0n) is 18.6. The van der Waals surface area contributed by atoms with Crippen LogP contribution in [0.25, 0.3) is 0 Å². The number of amides is 1. The van der Waals surface area contributed by atoms with Crippen LogP contribution in [0.2, 0.25) is 0 Å². The van der Waals surface area contributed by atoms with Crippen molar-refractivity contribution in [3.63, 3.8) is 0 Å². The Bertz CT molecular complexity index is 1020. The van der Waals surface area contributed by atoms with E-state index >= 15 is 0 Å². The van der Waals surface area contributed by atoms with Crippen molar-refractivity contribution in [3.05, 3.63) is 59.2 Å². The molecule has 1 atom stereocenters. The molecule has 1 amide bonds. The number of sulfonamides is 1. The maximum atomic E-state index is 12.9. The number of aryl methyl sites for hydroxylation is 2. The topological polar surface area (TPSA) is 75.7 Å². The molecule has 0 bridgehead atoms. The van der Waals surface area contributed by atoms with Gasteiger partial charge in [-0.2, -0.15) is 0 Å². The van der Waals surface area contributed by atoms with Gasteiger partial charge in [0, 0.05) is 6.07 Å². The van der Waals surface area contributed by atoms with Crippen molar-refractivity contribution in [1.29, 1.82) is 0 Å². The molecule has 31 heavy (non-hydrogen) atoms. The third-order valence-corrected chi connectivity index (χ3v) is 6.76. The number of carbonyl (C=O) groups excluding carboxylic acids is 1. The summed E-state index contributed by atoms with van der Waals surface area (Å²) in [6, 6.07) is 13.1. The summed E-state index contributed by atoms with van der Waals surface area (Å²) in [6.07, 6.45) is 6.45. The number of benzene rings is 2. The highest BCUT2D eigenvalue weighted by atomic mass is 32.2. The SMILES string of the molecule is CCOc1cccc(N(CC(=O)NC(CC)c2ccc3c(c2)CCCC3)S(C)(=O)=O)c1. The Morgan fingerprint density at radius 3 is 2.52 bits per heavy atom. The number of nitrogens with one attached hydrogen (secondary N) is 1. The molecule has 0 fully saturated rings. The molecule has 1 unspecified atom stereocenters. The zero-order valence-corrected chi connectivity index (χ0v) is 19.4. The molecule has 0 heterocycles. The predicted octanol–water partition coefficient (Wildman–Crippen LogP) is 4.00. The van der Waals surface area contributed by atoms with Gasteiger partial charge in [0.15, 0.2) is 0 Å². The van der Waals surface area contributed by atoms with E-state index in [1.54, 1.807) is 24.3 Å². The zero-order chi connectivity index (χ0) is 22.4. The monoisotopic (exact) mass is 444 g/mol. The van der Waals surface area contributed by atoms with Gasteiger partial charge in [-0.05, 0) is 67.9 Å². The first kappa shape index (κ1) is 23.1. The normalized spacial score (nSPS) is 14.4. The molecule has 0 spiro atoms. The Hall–Kier alpha value is -2.54. The molecule has 2 aromatic carbocycles. The van der Waals surface area contributed by atoms with Crippen LogP contribution in [0.1, 0.15) is 55.8 Å². The lowest BCUT2D eigenvalue weighted by Crippen LogP contribution is -2.41. The first-order valence-corrected chi connectivity index (χ1v) is 12.8. The lowest BCUT2D eigenvalue weighted by Gasteiger charge is -2.25. The van der Waals surface area contributed by atoms with E-state index in [4.69, 9.17) is 4.74 Å². The van der Waals surface area contributed by atoms with Crippen LogP contribution < -0.4 is 14.4 Å². The number of carbonyl (C=O) groups is 1. The Morgan fingerprint density at radius 1 is 1.10 bits per heavy atom. The molecule has 1 N–H and O–H groups in total. The smallest absolute Gasteiger partial charge is 0.241 e. The third-order valence-electron chi connectivity index (χ3n) is 5.62. The van der Waals surface area contributed by atoms with Crippen molar-refractivity contribution in [1.82, 2.24) is 5.32 Å². The minimum atomic E-state index is -3.65. The highest BCUT2D eigenvalue weighted by Crippen LogP contribution is 2.27. The Morgan fingerprint density at radius 2 is 1.84 bits per heavy atom. The lowest BCUT2D eigenvalue weighted by atomic mass is 9.89. The maximum Gasteiger partial charge on any atom is 0.241 e. The van der Waals surface area contributed by atoms with E-state index in [0.717, 1.165) is 35.4 Å². The van der Waals surface area contributed by atoms with Gasteiger partial charge in [-0.1, -0.05) is 31.2 Å². The van der Waals surface area contributed by atoms with E-state index in [0.29, 0.717) is 18.0 Å². The van der Waals surface area contributed by atoms with E-state index in [9.17, 15) is 13.2 Å². The summed E-state index contributed by atoms with van der Waals surface area (Å²) < 4.78 is 31.4. The van der Waals surface area contributed by atoms with Crippen LogP contribution in [0.3, 0.4) is 0 Å². The van der Waals surface area contributed by atoms with Gasteiger partial charge in [-0.15, -0.1) is 0 Å². The minimum absolute atomic E-state index is 0.157. The molecule has 0 aliphatic heterocycles. The highest BCUT2D eigenvalue weighted by Gasteiger charge is 2.23. The maximum absolute atomic E-state index is 12.9. The number of ether oxygens (including phenoxy) is 1. The molecule has 0 aromatic heterocycles. The average Bonchev–Trinajstić information content (AvgIpc) is 2.75. The fourth-order valence-electron chi connectivity index (χ4n) is 4.06. The number of anilines is 1. The molecule has 0 saturated heterocycles. The van der Waals surface area contributed by atoms with Crippen LogP contribution in [0.15, 0.2) is 42.5 Å². The summed E-state index contributed by atoms with van der Waals surface area (Å²) in [6.45, 7) is 4.07. The van der Waals surface area contributed by atoms with Gasteiger partial charge in [0.1, 0.15) is 12.3 Å². The number of fused-ring (bicyclic) bond motifs is 1. The first-order valence-electron chi connectivity index (χ1n) is 10.9. The predicted molar refractivity (Wildman–Crippen MR) is 124 cm³/mol. The molecule has 7 heteroatoms. The molecule has 6 nitrogen and oxygen atoms in total. The van der Waals surface area contributed by atoms with E-state index in [-0.39, 0.29) is 18.5 Å². The Kier molecular flexibility index (Phi) is 7.59. The van der Waals surface area contributed by atoms with E-state index in [1.807, 2.05) is 13.8 Å². The van der Waals surface area contributed by atoms with Crippen LogP contribution in [-0.4, -0.2) is 33.7 Å². The van der Waals surface area contributed by atoms with Crippen molar-refractivity contribution in [2.24, 2.45) is 0 Å². The minimum Gasteiger partial charge on any atom is -0.494 e. The van der Waals surface area contributed by atoms with Gasteiger partial charge in [0.25, 0.3) is 0 Å². The second-order valence-electron chi connectivity index (χ2n) is 7.96. The number of rotatable bonds is 9. The van der Waals surface area contributed by atoms with Crippen molar-refractivity contribution in [2.45, 2.75) is 52.0 Å². The molecule has 0 radical (unpaired) electrons. The van der Waals surface area contributed by atoms with E-state index in [1.165, 1.54) is 24.0 Å². The van der Waals surface area contributed by atoms with Crippen LogP contribution in [0.5, 0.6) is 5.75 Å². The largest absolute Gasteiger partial charge is 0.494 e. The van der Waals surface area contributed by atoms with E-state index in [2.05, 4.69) is 23.5 Å². The number of hydrogen-bond acceptors (Lipinski definition) is 4. The molecule has 168 valence electrons. The van der Waals surface area contributed by atoms with Gasteiger partial charge >= 0.3 is 0 Å². The summed E-state index contributed by atoms with van der Waals surface area (Å²) in [5, 5.41) is 3.03. The Balaban J connectivity index is 1.76. The van der Waals surface area contributed by atoms with Gasteiger partial charge in [-0.25, -0.2) is 8.42 Å². The number of nitrogens with zero attached hydrogens (tertiary/aromatic N) is 1. The highest BCUT2D eigenvalue weighted by molar-refractivity contribution is 7.92. The second-order valence-corrected chi connectivity index (χ2v) is 9.87. The fraction of sp³-hybridized carbons (Fsp3) is 0.458. The number of hydrogen-bond donors (Lipinski definition) is 1. The Labute approximate surface area is 185 Å². The first-order chi connectivity index (χ1) is 14.8. The van der Waals surface area contributed by atoms with Crippen LogP contribution >= 0.6 is 0 Å². The summed E-state index contributed by atoms with van der Waals surface area (Å²) >= 11 is 0. The summed E-state index contributed by atoms with van der Waals surface area (Å²) in [5.74, 6) is 0.228. The van der Waals surface area contributed by atoms with Crippen LogP contribution in [0, 0.1) is 0 Å². The second kappa shape index (κ2) is 10.2. The molecule has 1 aliphatic carbocycles. The molecule has 2 aromatic rings.